The third-order valence-electron chi connectivity index (χ3n) is 7.18. The van der Waals surface area contributed by atoms with Crippen LogP contribution in [0.15, 0.2) is 34.7 Å². The fourth-order valence-corrected chi connectivity index (χ4v) is 5.84. The Labute approximate surface area is 153 Å². The molecule has 0 bridgehead atoms. The molecule has 2 heterocycles. The van der Waals surface area contributed by atoms with Crippen molar-refractivity contribution in [2.45, 2.75) is 45.4 Å². The Balaban J connectivity index is 1.71. The van der Waals surface area contributed by atoms with Crippen LogP contribution < -0.4 is 0 Å². The molecule has 1 aromatic heterocycles. The summed E-state index contributed by atoms with van der Waals surface area (Å²) in [6.07, 6.45) is 10.6. The highest BCUT2D eigenvalue weighted by atomic mass is 16.5. The summed E-state index contributed by atoms with van der Waals surface area (Å²) < 4.78 is 15.9. The molecule has 4 rings (SSSR count). The van der Waals surface area contributed by atoms with E-state index in [-0.39, 0.29) is 34.6 Å². The summed E-state index contributed by atoms with van der Waals surface area (Å²) in [5.74, 6) is -0.199. The van der Waals surface area contributed by atoms with Crippen LogP contribution in [0.3, 0.4) is 0 Å². The number of carbonyl (C=O) groups excluding carboxylic acids is 2. The van der Waals surface area contributed by atoms with E-state index in [9.17, 15) is 9.59 Å². The third kappa shape index (κ3) is 2.43. The number of methoxy groups -OCH3 is 1. The Bertz CT molecular complexity index is 734. The number of carbonyl (C=O) groups is 2. The van der Waals surface area contributed by atoms with Crippen LogP contribution in [-0.4, -0.2) is 25.7 Å². The summed E-state index contributed by atoms with van der Waals surface area (Å²) in [6, 6.07) is 1.98. The molecule has 1 saturated heterocycles. The molecular formula is C21H26O5. The summed E-state index contributed by atoms with van der Waals surface area (Å²) in [6.45, 7) is 2.67. The van der Waals surface area contributed by atoms with Crippen molar-refractivity contribution in [1.29, 1.82) is 0 Å². The molecule has 1 saturated carbocycles. The molecule has 4 unspecified atom stereocenters. The largest absolute Gasteiger partial charge is 0.472 e. The average Bonchev–Trinajstić information content (AvgIpc) is 3.28. The number of ether oxygens (including phenoxy) is 2. The van der Waals surface area contributed by atoms with Crippen molar-refractivity contribution in [3.8, 4) is 0 Å². The Hall–Kier alpha value is -2.04. The van der Waals surface area contributed by atoms with Crippen LogP contribution in [0.25, 0.3) is 0 Å². The average molecular weight is 358 g/mol. The van der Waals surface area contributed by atoms with Crippen LogP contribution in [-0.2, 0) is 25.5 Å². The molecule has 3 aliphatic rings. The van der Waals surface area contributed by atoms with Gasteiger partial charge >= 0.3 is 11.9 Å². The van der Waals surface area contributed by atoms with Gasteiger partial charge in [-0.15, -0.1) is 0 Å². The number of cyclic esters (lactones) is 1. The van der Waals surface area contributed by atoms with E-state index < -0.39 is 0 Å². The van der Waals surface area contributed by atoms with Gasteiger partial charge in [0.25, 0.3) is 0 Å². The molecule has 0 amide bonds. The van der Waals surface area contributed by atoms with Gasteiger partial charge in [-0.05, 0) is 61.5 Å². The Morgan fingerprint density at radius 3 is 2.96 bits per heavy atom. The van der Waals surface area contributed by atoms with Crippen molar-refractivity contribution in [2.24, 2.45) is 22.7 Å². The first kappa shape index (κ1) is 17.4. The third-order valence-corrected chi connectivity index (χ3v) is 7.18. The van der Waals surface area contributed by atoms with Gasteiger partial charge < -0.3 is 13.9 Å². The maximum atomic E-state index is 12.6. The minimum absolute atomic E-state index is 0.129. The van der Waals surface area contributed by atoms with Gasteiger partial charge in [-0.2, -0.15) is 0 Å². The first-order valence-electron chi connectivity index (χ1n) is 9.48. The van der Waals surface area contributed by atoms with E-state index in [1.54, 1.807) is 12.5 Å². The SMILES string of the molecule is COC(=O)C1CCC23COC(=O)C2=CCCC3C1(C)CCc1ccoc1. The lowest BCUT2D eigenvalue weighted by Crippen LogP contribution is -2.54. The van der Waals surface area contributed by atoms with Gasteiger partial charge in [-0.25, -0.2) is 4.79 Å². The van der Waals surface area contributed by atoms with Gasteiger partial charge in [-0.3, -0.25) is 4.79 Å². The summed E-state index contributed by atoms with van der Waals surface area (Å²) in [5, 5.41) is 0. The van der Waals surface area contributed by atoms with E-state index in [1.807, 2.05) is 6.07 Å². The van der Waals surface area contributed by atoms with Crippen molar-refractivity contribution in [1.82, 2.24) is 0 Å². The highest BCUT2D eigenvalue weighted by Gasteiger charge is 2.62. The predicted octanol–water partition coefficient (Wildman–Crippen LogP) is 3.68. The minimum Gasteiger partial charge on any atom is -0.472 e. The van der Waals surface area contributed by atoms with Gasteiger partial charge in [0, 0.05) is 11.0 Å². The standard InChI is InChI=1S/C21H26O5/c1-20(9-6-14-8-11-25-12-14)15(18(22)24-2)7-10-21-13-26-19(23)16(21)4-3-5-17(20)21/h4,8,11-12,15,17H,3,5-7,9-10,13H2,1-2H3. The van der Waals surface area contributed by atoms with Crippen LogP contribution in [0.2, 0.25) is 0 Å². The number of hydrogen-bond donors (Lipinski definition) is 0. The van der Waals surface area contributed by atoms with Crippen LogP contribution in [0.4, 0.5) is 0 Å². The summed E-state index contributed by atoms with van der Waals surface area (Å²) in [5.41, 5.74) is 1.52. The molecule has 2 fully saturated rings. The molecule has 0 N–H and O–H groups in total. The van der Waals surface area contributed by atoms with Crippen LogP contribution in [0.5, 0.6) is 0 Å². The van der Waals surface area contributed by atoms with E-state index in [4.69, 9.17) is 13.9 Å². The number of rotatable bonds is 4. The molecule has 5 nitrogen and oxygen atoms in total. The second-order valence-electron chi connectivity index (χ2n) is 8.23. The first-order chi connectivity index (χ1) is 12.5. The molecule has 4 atom stereocenters. The second kappa shape index (κ2) is 6.29. The summed E-state index contributed by atoms with van der Waals surface area (Å²) in [4.78, 5) is 24.9. The highest BCUT2D eigenvalue weighted by molar-refractivity contribution is 5.92. The normalized spacial score (nSPS) is 35.9. The van der Waals surface area contributed by atoms with Gasteiger partial charge in [0.15, 0.2) is 0 Å². The zero-order valence-corrected chi connectivity index (χ0v) is 15.5. The highest BCUT2D eigenvalue weighted by Crippen LogP contribution is 2.64. The van der Waals surface area contributed by atoms with Crippen molar-refractivity contribution >= 4 is 11.9 Å². The van der Waals surface area contributed by atoms with Gasteiger partial charge in [-0.1, -0.05) is 13.0 Å². The van der Waals surface area contributed by atoms with E-state index in [0.717, 1.165) is 49.7 Å². The van der Waals surface area contributed by atoms with Crippen molar-refractivity contribution in [3.05, 3.63) is 35.8 Å². The van der Waals surface area contributed by atoms with Crippen molar-refractivity contribution in [2.75, 3.05) is 13.7 Å². The minimum atomic E-state index is -0.240. The maximum Gasteiger partial charge on any atom is 0.334 e. The van der Waals surface area contributed by atoms with Crippen LogP contribution in [0.1, 0.15) is 44.6 Å². The molecule has 1 aromatic rings. The Morgan fingerprint density at radius 2 is 2.23 bits per heavy atom. The van der Waals surface area contributed by atoms with E-state index in [0.29, 0.717) is 6.61 Å². The number of esters is 2. The molecule has 0 radical (unpaired) electrons. The molecule has 26 heavy (non-hydrogen) atoms. The molecule has 1 aliphatic heterocycles. The zero-order chi connectivity index (χ0) is 18.4. The summed E-state index contributed by atoms with van der Waals surface area (Å²) >= 11 is 0. The van der Waals surface area contributed by atoms with Crippen molar-refractivity contribution < 1.29 is 23.5 Å². The van der Waals surface area contributed by atoms with Crippen LogP contribution >= 0.6 is 0 Å². The van der Waals surface area contributed by atoms with Gasteiger partial charge in [0.1, 0.15) is 6.61 Å². The molecule has 2 aliphatic carbocycles. The lowest BCUT2D eigenvalue weighted by Gasteiger charge is -2.56. The monoisotopic (exact) mass is 358 g/mol. The topological polar surface area (TPSA) is 65.7 Å². The lowest BCUT2D eigenvalue weighted by atomic mass is 9.46. The molecule has 1 spiro atoms. The maximum absolute atomic E-state index is 12.6. The second-order valence-corrected chi connectivity index (χ2v) is 8.23. The quantitative estimate of drug-likeness (QED) is 0.768. The number of allylic oxidation sites excluding steroid dienone is 1. The number of aryl methyl sites for hydroxylation is 1. The number of hydrogen-bond acceptors (Lipinski definition) is 5. The van der Waals surface area contributed by atoms with E-state index in [1.165, 1.54) is 7.11 Å². The fraction of sp³-hybridized carbons (Fsp3) is 0.619. The predicted molar refractivity (Wildman–Crippen MR) is 94.1 cm³/mol. The molecule has 5 heteroatoms. The molecule has 140 valence electrons. The Morgan fingerprint density at radius 1 is 1.38 bits per heavy atom. The summed E-state index contributed by atoms with van der Waals surface area (Å²) in [7, 11) is 1.47. The zero-order valence-electron chi connectivity index (χ0n) is 15.5. The smallest absolute Gasteiger partial charge is 0.334 e. The van der Waals surface area contributed by atoms with Crippen LogP contribution in [0, 0.1) is 22.7 Å². The van der Waals surface area contributed by atoms with E-state index >= 15 is 0 Å². The Kier molecular flexibility index (Phi) is 4.20. The molecular weight excluding hydrogens is 332 g/mol. The van der Waals surface area contributed by atoms with Gasteiger partial charge in [0.05, 0.1) is 25.6 Å². The van der Waals surface area contributed by atoms with E-state index in [2.05, 4.69) is 13.0 Å². The molecule has 0 aromatic carbocycles. The van der Waals surface area contributed by atoms with Crippen molar-refractivity contribution in [3.63, 3.8) is 0 Å². The number of furan rings is 1. The lowest BCUT2D eigenvalue weighted by molar-refractivity contribution is -0.161. The first-order valence-corrected chi connectivity index (χ1v) is 9.48. The van der Waals surface area contributed by atoms with Gasteiger partial charge in [0.2, 0.25) is 0 Å². The fourth-order valence-electron chi connectivity index (χ4n) is 5.84.